The maximum absolute atomic E-state index is 4.66. The minimum Gasteiger partial charge on any atom is -0.350 e. The highest BCUT2D eigenvalue weighted by Gasteiger charge is 2.09. The summed E-state index contributed by atoms with van der Waals surface area (Å²) in [6, 6.07) is 8.42. The molecule has 0 amide bonds. The molecule has 130 valence electrons. The van der Waals surface area contributed by atoms with Gasteiger partial charge in [0, 0.05) is 31.0 Å². The van der Waals surface area contributed by atoms with Crippen LogP contribution in [0.2, 0.25) is 0 Å². The second kappa shape index (κ2) is 7.47. The highest BCUT2D eigenvalue weighted by Crippen LogP contribution is 2.21. The standard InChI is InChI=1S/C20H25N5/c1-5-10-25-13-18(16(4)24-25)19-8-9-21-20(23-19)22-12-17-7-6-14(2)15(3)11-17/h6-9,11,13H,5,10,12H2,1-4H3,(H,21,22,23). The Balaban J connectivity index is 1.76. The molecule has 0 aliphatic rings. The number of nitrogens with zero attached hydrogens (tertiary/aromatic N) is 4. The van der Waals surface area contributed by atoms with Crippen LogP contribution in [0.15, 0.2) is 36.7 Å². The average molecular weight is 335 g/mol. The monoisotopic (exact) mass is 335 g/mol. The van der Waals surface area contributed by atoms with Gasteiger partial charge in [-0.1, -0.05) is 25.1 Å². The van der Waals surface area contributed by atoms with Crippen LogP contribution in [0.5, 0.6) is 0 Å². The second-order valence-corrected chi connectivity index (χ2v) is 6.43. The van der Waals surface area contributed by atoms with Crippen molar-refractivity contribution in [1.29, 1.82) is 0 Å². The first-order valence-corrected chi connectivity index (χ1v) is 8.74. The normalized spacial score (nSPS) is 10.9. The summed E-state index contributed by atoms with van der Waals surface area (Å²) in [7, 11) is 0. The van der Waals surface area contributed by atoms with Crippen LogP contribution in [0.1, 0.15) is 35.7 Å². The third kappa shape index (κ3) is 4.05. The van der Waals surface area contributed by atoms with E-state index in [2.05, 4.69) is 65.6 Å². The van der Waals surface area contributed by atoms with Crippen molar-refractivity contribution in [3.05, 3.63) is 59.0 Å². The lowest BCUT2D eigenvalue weighted by Gasteiger charge is -2.08. The number of aryl methyl sites for hydroxylation is 4. The van der Waals surface area contributed by atoms with E-state index in [0.29, 0.717) is 12.5 Å². The SMILES string of the molecule is CCCn1cc(-c2ccnc(NCc3ccc(C)c(C)c3)n2)c(C)n1. The lowest BCUT2D eigenvalue weighted by Crippen LogP contribution is -2.04. The number of nitrogens with one attached hydrogen (secondary N) is 1. The largest absolute Gasteiger partial charge is 0.350 e. The first kappa shape index (κ1) is 17.1. The maximum atomic E-state index is 4.66. The van der Waals surface area contributed by atoms with E-state index >= 15 is 0 Å². The van der Waals surface area contributed by atoms with Crippen LogP contribution in [-0.2, 0) is 13.1 Å². The molecule has 0 unspecified atom stereocenters. The Bertz CT molecular complexity index is 866. The Kier molecular flexibility index (Phi) is 5.12. The van der Waals surface area contributed by atoms with E-state index in [0.717, 1.165) is 29.9 Å². The number of rotatable bonds is 6. The van der Waals surface area contributed by atoms with E-state index < -0.39 is 0 Å². The van der Waals surface area contributed by atoms with E-state index in [1.807, 2.05) is 17.7 Å². The fourth-order valence-corrected chi connectivity index (χ4v) is 2.80. The van der Waals surface area contributed by atoms with Crippen molar-refractivity contribution in [1.82, 2.24) is 19.7 Å². The van der Waals surface area contributed by atoms with Gasteiger partial charge in [0.1, 0.15) is 0 Å². The summed E-state index contributed by atoms with van der Waals surface area (Å²) in [4.78, 5) is 9.00. The lowest BCUT2D eigenvalue weighted by molar-refractivity contribution is 0.598. The summed E-state index contributed by atoms with van der Waals surface area (Å²) in [5.74, 6) is 0.637. The molecule has 1 aromatic carbocycles. The molecule has 0 radical (unpaired) electrons. The van der Waals surface area contributed by atoms with Gasteiger partial charge in [-0.15, -0.1) is 0 Å². The van der Waals surface area contributed by atoms with Gasteiger partial charge in [-0.25, -0.2) is 9.97 Å². The molecule has 5 nitrogen and oxygen atoms in total. The third-order valence-corrected chi connectivity index (χ3v) is 4.35. The van der Waals surface area contributed by atoms with E-state index in [1.165, 1.54) is 16.7 Å². The minimum atomic E-state index is 0.637. The Labute approximate surface area is 149 Å². The molecule has 0 aliphatic carbocycles. The van der Waals surface area contributed by atoms with Crippen LogP contribution in [0.3, 0.4) is 0 Å². The van der Waals surface area contributed by atoms with Gasteiger partial charge in [-0.05, 0) is 49.9 Å². The number of benzene rings is 1. The Morgan fingerprint density at radius 2 is 1.92 bits per heavy atom. The fraction of sp³-hybridized carbons (Fsp3) is 0.350. The summed E-state index contributed by atoms with van der Waals surface area (Å²) in [5, 5.41) is 7.87. The van der Waals surface area contributed by atoms with Gasteiger partial charge >= 0.3 is 0 Å². The number of aromatic nitrogens is 4. The molecule has 0 spiro atoms. The van der Waals surface area contributed by atoms with Crippen molar-refractivity contribution in [2.45, 2.75) is 47.2 Å². The van der Waals surface area contributed by atoms with Gasteiger partial charge < -0.3 is 5.32 Å². The van der Waals surface area contributed by atoms with Gasteiger partial charge in [-0.3, -0.25) is 4.68 Å². The van der Waals surface area contributed by atoms with Crippen molar-refractivity contribution in [2.75, 3.05) is 5.32 Å². The summed E-state index contributed by atoms with van der Waals surface area (Å²) in [6.45, 7) is 10.1. The highest BCUT2D eigenvalue weighted by molar-refractivity contribution is 5.61. The van der Waals surface area contributed by atoms with Crippen molar-refractivity contribution in [2.24, 2.45) is 0 Å². The van der Waals surface area contributed by atoms with Crippen molar-refractivity contribution >= 4 is 5.95 Å². The first-order valence-electron chi connectivity index (χ1n) is 8.74. The topological polar surface area (TPSA) is 55.6 Å². The minimum absolute atomic E-state index is 0.637. The highest BCUT2D eigenvalue weighted by atomic mass is 15.3. The van der Waals surface area contributed by atoms with Crippen molar-refractivity contribution in [3.63, 3.8) is 0 Å². The number of anilines is 1. The van der Waals surface area contributed by atoms with E-state index in [4.69, 9.17) is 0 Å². The predicted octanol–water partition coefficient (Wildman–Crippen LogP) is 4.29. The molecule has 0 aliphatic heterocycles. The third-order valence-electron chi connectivity index (χ3n) is 4.35. The smallest absolute Gasteiger partial charge is 0.223 e. The molecule has 3 aromatic rings. The van der Waals surface area contributed by atoms with Gasteiger partial charge in [0.05, 0.1) is 11.4 Å². The second-order valence-electron chi connectivity index (χ2n) is 6.43. The quantitative estimate of drug-likeness (QED) is 0.730. The van der Waals surface area contributed by atoms with Crippen LogP contribution in [0, 0.1) is 20.8 Å². The number of hydrogen-bond acceptors (Lipinski definition) is 4. The zero-order valence-corrected chi connectivity index (χ0v) is 15.4. The Morgan fingerprint density at radius 1 is 1.08 bits per heavy atom. The fourth-order valence-electron chi connectivity index (χ4n) is 2.80. The Morgan fingerprint density at radius 3 is 2.68 bits per heavy atom. The van der Waals surface area contributed by atoms with Crippen LogP contribution >= 0.6 is 0 Å². The molecule has 0 fully saturated rings. The summed E-state index contributed by atoms with van der Waals surface area (Å²) < 4.78 is 1.98. The lowest BCUT2D eigenvalue weighted by atomic mass is 10.1. The van der Waals surface area contributed by atoms with E-state index in [-0.39, 0.29) is 0 Å². The molecule has 2 aromatic heterocycles. The molecule has 0 saturated carbocycles. The number of hydrogen-bond donors (Lipinski definition) is 1. The van der Waals surface area contributed by atoms with Gasteiger partial charge in [0.25, 0.3) is 0 Å². The molecule has 3 rings (SSSR count). The van der Waals surface area contributed by atoms with Crippen molar-refractivity contribution < 1.29 is 0 Å². The summed E-state index contributed by atoms with van der Waals surface area (Å²) >= 11 is 0. The van der Waals surface area contributed by atoms with Gasteiger partial charge in [0.15, 0.2) is 0 Å². The Hall–Kier alpha value is -2.69. The zero-order valence-electron chi connectivity index (χ0n) is 15.4. The van der Waals surface area contributed by atoms with Crippen LogP contribution in [0.4, 0.5) is 5.95 Å². The summed E-state index contributed by atoms with van der Waals surface area (Å²) in [5.41, 5.74) is 6.79. The molecule has 25 heavy (non-hydrogen) atoms. The predicted molar refractivity (Wildman–Crippen MR) is 102 cm³/mol. The summed E-state index contributed by atoms with van der Waals surface area (Å²) in [6.07, 6.45) is 4.92. The maximum Gasteiger partial charge on any atom is 0.223 e. The van der Waals surface area contributed by atoms with Gasteiger partial charge in [-0.2, -0.15) is 5.10 Å². The molecule has 0 saturated heterocycles. The average Bonchev–Trinajstić information content (AvgIpc) is 2.97. The van der Waals surface area contributed by atoms with Crippen molar-refractivity contribution in [3.8, 4) is 11.3 Å². The van der Waals surface area contributed by atoms with E-state index in [9.17, 15) is 0 Å². The molecular weight excluding hydrogens is 310 g/mol. The molecule has 0 atom stereocenters. The molecule has 1 N–H and O–H groups in total. The molecular formula is C20H25N5. The van der Waals surface area contributed by atoms with Crippen LogP contribution in [0.25, 0.3) is 11.3 Å². The van der Waals surface area contributed by atoms with Crippen LogP contribution < -0.4 is 5.32 Å². The van der Waals surface area contributed by atoms with E-state index in [1.54, 1.807) is 6.20 Å². The first-order chi connectivity index (χ1) is 12.1. The zero-order chi connectivity index (χ0) is 17.8. The van der Waals surface area contributed by atoms with Crippen LogP contribution in [-0.4, -0.2) is 19.7 Å². The molecule has 5 heteroatoms. The van der Waals surface area contributed by atoms with Gasteiger partial charge in [0.2, 0.25) is 5.95 Å². The molecule has 2 heterocycles. The molecule has 0 bridgehead atoms.